The van der Waals surface area contributed by atoms with Crippen LogP contribution in [0, 0.1) is 5.41 Å². The third kappa shape index (κ3) is 2.85. The highest BCUT2D eigenvalue weighted by atomic mass is 16.5. The Kier molecular flexibility index (Phi) is 4.04. The summed E-state index contributed by atoms with van der Waals surface area (Å²) in [5, 5.41) is 0. The van der Waals surface area contributed by atoms with E-state index in [1.165, 1.54) is 0 Å². The molecular weight excluding hydrogens is 140 g/mol. The summed E-state index contributed by atoms with van der Waals surface area (Å²) in [5.41, 5.74) is -0.429. The number of hydrogen-bond donors (Lipinski definition) is 0. The monoisotopic (exact) mass is 156 g/mol. The van der Waals surface area contributed by atoms with Gasteiger partial charge in [0.05, 0.1) is 11.5 Å². The Hall–Kier alpha value is -0.630. The topological polar surface area (TPSA) is 26.3 Å². The van der Waals surface area contributed by atoms with Crippen LogP contribution in [0.25, 0.3) is 0 Å². The quantitative estimate of drug-likeness (QED) is 0.458. The summed E-state index contributed by atoms with van der Waals surface area (Å²) < 4.78 is 5.13. The van der Waals surface area contributed by atoms with Gasteiger partial charge in [0.15, 0.2) is 0 Å². The Labute approximate surface area is 68.2 Å². The van der Waals surface area contributed by atoms with E-state index >= 15 is 0 Å². The van der Waals surface area contributed by atoms with Crippen molar-refractivity contribution >= 4 is 6.29 Å². The highest BCUT2D eigenvalue weighted by molar-refractivity contribution is 5.59. The molecule has 2 heteroatoms. The van der Waals surface area contributed by atoms with E-state index in [2.05, 4.69) is 0 Å². The number of aldehydes is 1. The van der Waals surface area contributed by atoms with Crippen molar-refractivity contribution in [3.63, 3.8) is 0 Å². The molecule has 0 aliphatic heterocycles. The van der Waals surface area contributed by atoms with E-state index in [1.807, 2.05) is 32.9 Å². The van der Waals surface area contributed by atoms with Crippen LogP contribution in [0.3, 0.4) is 0 Å². The minimum Gasteiger partial charge on any atom is -0.376 e. The van der Waals surface area contributed by atoms with Gasteiger partial charge in [-0.25, -0.2) is 0 Å². The number of hydrogen-bond acceptors (Lipinski definition) is 2. The molecule has 0 saturated heterocycles. The van der Waals surface area contributed by atoms with Crippen LogP contribution >= 0.6 is 0 Å². The lowest BCUT2D eigenvalue weighted by Crippen LogP contribution is -2.30. The summed E-state index contributed by atoms with van der Waals surface area (Å²) >= 11 is 0. The molecule has 2 nitrogen and oxygen atoms in total. The van der Waals surface area contributed by atoms with Crippen LogP contribution in [-0.4, -0.2) is 19.5 Å². The number of allylic oxidation sites excluding steroid dienone is 1. The number of carbonyl (C=O) groups excluding carboxylic acids is 1. The second-order valence-electron chi connectivity index (χ2n) is 3.12. The Morgan fingerprint density at radius 2 is 2.00 bits per heavy atom. The van der Waals surface area contributed by atoms with Gasteiger partial charge in [0.1, 0.15) is 6.29 Å². The number of methoxy groups -OCH3 is 1. The lowest BCUT2D eigenvalue weighted by Gasteiger charge is -2.24. The molecule has 64 valence electrons. The Morgan fingerprint density at radius 3 is 2.27 bits per heavy atom. The van der Waals surface area contributed by atoms with Gasteiger partial charge in [-0.1, -0.05) is 26.0 Å². The van der Waals surface area contributed by atoms with E-state index in [1.54, 1.807) is 7.11 Å². The van der Waals surface area contributed by atoms with Crippen molar-refractivity contribution in [3.8, 4) is 0 Å². The van der Waals surface area contributed by atoms with Gasteiger partial charge in [0.2, 0.25) is 0 Å². The van der Waals surface area contributed by atoms with Crippen molar-refractivity contribution < 1.29 is 9.53 Å². The van der Waals surface area contributed by atoms with Crippen LogP contribution in [0.4, 0.5) is 0 Å². The predicted molar refractivity (Wildman–Crippen MR) is 45.5 cm³/mol. The maximum Gasteiger partial charge on any atom is 0.128 e. The average Bonchev–Trinajstić information content (AvgIpc) is 2.00. The molecule has 0 radical (unpaired) electrons. The summed E-state index contributed by atoms with van der Waals surface area (Å²) in [6.07, 6.45) is 4.57. The van der Waals surface area contributed by atoms with Gasteiger partial charge < -0.3 is 9.53 Å². The van der Waals surface area contributed by atoms with E-state index < -0.39 is 5.41 Å². The first-order valence-electron chi connectivity index (χ1n) is 3.70. The first-order chi connectivity index (χ1) is 5.08. The van der Waals surface area contributed by atoms with E-state index in [4.69, 9.17) is 4.74 Å². The van der Waals surface area contributed by atoms with Crippen molar-refractivity contribution in [1.82, 2.24) is 0 Å². The van der Waals surface area contributed by atoms with Crippen LogP contribution in [0.2, 0.25) is 0 Å². The molecule has 0 rings (SSSR count). The largest absolute Gasteiger partial charge is 0.376 e. The van der Waals surface area contributed by atoms with Gasteiger partial charge >= 0.3 is 0 Å². The first-order valence-corrected chi connectivity index (χ1v) is 3.70. The van der Waals surface area contributed by atoms with Crippen molar-refractivity contribution in [2.45, 2.75) is 26.9 Å². The van der Waals surface area contributed by atoms with Gasteiger partial charge in [-0.15, -0.1) is 0 Å². The molecular formula is C9H16O2. The van der Waals surface area contributed by atoms with E-state index in [0.717, 1.165) is 6.29 Å². The zero-order valence-corrected chi connectivity index (χ0v) is 7.63. The van der Waals surface area contributed by atoms with Gasteiger partial charge in [-0.2, -0.15) is 0 Å². The Morgan fingerprint density at radius 1 is 1.45 bits per heavy atom. The molecule has 0 amide bonds. The summed E-state index contributed by atoms with van der Waals surface area (Å²) in [6.45, 7) is 5.62. The third-order valence-corrected chi connectivity index (χ3v) is 1.66. The first kappa shape index (κ1) is 10.4. The van der Waals surface area contributed by atoms with Crippen molar-refractivity contribution in [2.75, 3.05) is 7.11 Å². The zero-order chi connectivity index (χ0) is 8.91. The van der Waals surface area contributed by atoms with Crippen LogP contribution in [0.1, 0.15) is 20.8 Å². The van der Waals surface area contributed by atoms with Gasteiger partial charge in [0.25, 0.3) is 0 Å². The fourth-order valence-electron chi connectivity index (χ4n) is 0.872. The number of carbonyl (C=O) groups is 1. The summed E-state index contributed by atoms with van der Waals surface area (Å²) in [5.74, 6) is 0. The van der Waals surface area contributed by atoms with Gasteiger partial charge in [-0.3, -0.25) is 0 Å². The SMILES string of the molecule is C/C=C/C(OC)C(C)(C)C=O. The maximum absolute atomic E-state index is 10.6. The molecule has 0 aromatic heterocycles. The average molecular weight is 156 g/mol. The highest BCUT2D eigenvalue weighted by Crippen LogP contribution is 2.20. The molecule has 0 spiro atoms. The number of rotatable bonds is 4. The van der Waals surface area contributed by atoms with E-state index in [9.17, 15) is 4.79 Å². The van der Waals surface area contributed by atoms with Crippen LogP contribution in [0.15, 0.2) is 12.2 Å². The van der Waals surface area contributed by atoms with Crippen LogP contribution in [0.5, 0.6) is 0 Å². The summed E-state index contributed by atoms with van der Waals surface area (Å²) in [4.78, 5) is 10.6. The fourth-order valence-corrected chi connectivity index (χ4v) is 0.872. The Balaban J connectivity index is 4.35. The van der Waals surface area contributed by atoms with Crippen molar-refractivity contribution in [3.05, 3.63) is 12.2 Å². The molecule has 11 heavy (non-hydrogen) atoms. The van der Waals surface area contributed by atoms with Crippen molar-refractivity contribution in [1.29, 1.82) is 0 Å². The smallest absolute Gasteiger partial charge is 0.128 e. The van der Waals surface area contributed by atoms with E-state index in [-0.39, 0.29) is 6.10 Å². The normalized spacial score (nSPS) is 15.3. The molecule has 0 aromatic carbocycles. The molecule has 1 unspecified atom stereocenters. The lowest BCUT2D eigenvalue weighted by molar-refractivity contribution is -0.119. The van der Waals surface area contributed by atoms with Gasteiger partial charge in [0, 0.05) is 7.11 Å². The molecule has 0 aromatic rings. The Bertz CT molecular complexity index is 148. The fraction of sp³-hybridized carbons (Fsp3) is 0.667. The van der Waals surface area contributed by atoms with Gasteiger partial charge in [-0.05, 0) is 6.92 Å². The zero-order valence-electron chi connectivity index (χ0n) is 7.63. The van der Waals surface area contributed by atoms with E-state index in [0.29, 0.717) is 0 Å². The lowest BCUT2D eigenvalue weighted by atomic mass is 9.88. The van der Waals surface area contributed by atoms with Crippen LogP contribution in [-0.2, 0) is 9.53 Å². The minimum atomic E-state index is -0.429. The molecule has 0 heterocycles. The molecule has 0 N–H and O–H groups in total. The molecule has 0 bridgehead atoms. The van der Waals surface area contributed by atoms with Crippen LogP contribution < -0.4 is 0 Å². The second-order valence-corrected chi connectivity index (χ2v) is 3.12. The number of ether oxygens (including phenoxy) is 1. The molecule has 0 fully saturated rings. The molecule has 0 aliphatic rings. The summed E-state index contributed by atoms with van der Waals surface area (Å²) in [7, 11) is 1.61. The van der Waals surface area contributed by atoms with Crippen molar-refractivity contribution in [2.24, 2.45) is 5.41 Å². The maximum atomic E-state index is 10.6. The molecule has 1 atom stereocenters. The standard InChI is InChI=1S/C9H16O2/c1-5-6-8(11-4)9(2,3)7-10/h5-8H,1-4H3/b6-5+. The predicted octanol–water partition coefficient (Wildman–Crippen LogP) is 1.80. The minimum absolute atomic E-state index is 0.120. The molecule has 0 aliphatic carbocycles. The second kappa shape index (κ2) is 4.29. The summed E-state index contributed by atoms with van der Waals surface area (Å²) in [6, 6.07) is 0. The third-order valence-electron chi connectivity index (χ3n) is 1.66. The molecule has 0 saturated carbocycles. The highest BCUT2D eigenvalue weighted by Gasteiger charge is 2.26.